The maximum Gasteiger partial charge on any atom is 0.228 e. The van der Waals surface area contributed by atoms with Crippen LogP contribution in [0.1, 0.15) is 38.3 Å². The molecule has 0 amide bonds. The Morgan fingerprint density at radius 2 is 1.96 bits per heavy atom. The lowest BCUT2D eigenvalue weighted by atomic mass is 9.77. The molecule has 5 rings (SSSR count). The molecule has 28 heavy (non-hydrogen) atoms. The maximum absolute atomic E-state index is 6.84. The van der Waals surface area contributed by atoms with Crippen LogP contribution in [0.3, 0.4) is 0 Å². The monoisotopic (exact) mass is 371 g/mol. The number of pyridine rings is 1. The van der Waals surface area contributed by atoms with Gasteiger partial charge in [-0.2, -0.15) is 0 Å². The first-order chi connectivity index (χ1) is 13.5. The number of fused-ring (bicyclic) bond motifs is 4. The first-order valence-electron chi connectivity index (χ1n) is 9.99. The van der Waals surface area contributed by atoms with E-state index in [1.807, 2.05) is 30.6 Å². The molecule has 1 atom stereocenters. The van der Waals surface area contributed by atoms with Gasteiger partial charge in [0.15, 0.2) is 0 Å². The Balaban J connectivity index is 1.72. The van der Waals surface area contributed by atoms with Gasteiger partial charge in [-0.1, -0.05) is 24.6 Å². The SMILES string of the molecule is CCCN1c2ccc(C)cc2C(C)(C)C12C=Nc1c(ccc3ncccc13)O2. The van der Waals surface area contributed by atoms with Gasteiger partial charge in [-0.3, -0.25) is 9.98 Å². The van der Waals surface area contributed by atoms with Crippen LogP contribution in [0.2, 0.25) is 0 Å². The molecule has 1 aromatic heterocycles. The molecule has 3 heterocycles. The van der Waals surface area contributed by atoms with Crippen molar-refractivity contribution >= 4 is 28.5 Å². The molecule has 2 aliphatic heterocycles. The predicted molar refractivity (Wildman–Crippen MR) is 115 cm³/mol. The van der Waals surface area contributed by atoms with Crippen molar-refractivity contribution in [2.24, 2.45) is 4.99 Å². The van der Waals surface area contributed by atoms with E-state index in [0.29, 0.717) is 0 Å². The van der Waals surface area contributed by atoms with E-state index in [1.165, 1.54) is 16.8 Å². The number of aromatic nitrogens is 1. The minimum atomic E-state index is -0.637. The van der Waals surface area contributed by atoms with Crippen LogP contribution in [-0.4, -0.2) is 23.5 Å². The molecule has 0 N–H and O–H groups in total. The number of aliphatic imine (C=N–C) groups is 1. The van der Waals surface area contributed by atoms with Gasteiger partial charge in [0.05, 0.1) is 17.1 Å². The summed E-state index contributed by atoms with van der Waals surface area (Å²) in [5.74, 6) is 0.821. The molecule has 142 valence electrons. The normalized spacial score (nSPS) is 21.6. The van der Waals surface area contributed by atoms with Gasteiger partial charge >= 0.3 is 0 Å². The van der Waals surface area contributed by atoms with E-state index in [9.17, 15) is 0 Å². The fraction of sp³-hybridized carbons (Fsp3) is 0.333. The van der Waals surface area contributed by atoms with Gasteiger partial charge in [-0.25, -0.2) is 0 Å². The molecule has 3 aromatic rings. The molecule has 0 radical (unpaired) electrons. The molecule has 0 saturated carbocycles. The molecular formula is C24H25N3O. The Labute approximate surface area is 165 Å². The van der Waals surface area contributed by atoms with Crippen molar-refractivity contribution in [1.82, 2.24) is 4.98 Å². The summed E-state index contributed by atoms with van der Waals surface area (Å²) in [6.07, 6.45) is 4.87. The van der Waals surface area contributed by atoms with E-state index in [0.717, 1.165) is 35.3 Å². The molecule has 1 unspecified atom stereocenters. The first kappa shape index (κ1) is 17.2. The van der Waals surface area contributed by atoms with Crippen LogP contribution >= 0.6 is 0 Å². The number of anilines is 1. The highest BCUT2D eigenvalue weighted by Crippen LogP contribution is 2.54. The van der Waals surface area contributed by atoms with Crippen LogP contribution < -0.4 is 9.64 Å². The number of hydrogen-bond acceptors (Lipinski definition) is 4. The molecule has 2 aliphatic rings. The smallest absolute Gasteiger partial charge is 0.228 e. The fourth-order valence-electron chi connectivity index (χ4n) is 4.70. The number of hydrogen-bond donors (Lipinski definition) is 0. The van der Waals surface area contributed by atoms with Crippen molar-refractivity contribution < 1.29 is 4.74 Å². The zero-order valence-electron chi connectivity index (χ0n) is 16.9. The zero-order valence-corrected chi connectivity index (χ0v) is 16.9. The molecule has 0 fully saturated rings. The second-order valence-corrected chi connectivity index (χ2v) is 8.34. The number of benzene rings is 2. The van der Waals surface area contributed by atoms with Crippen molar-refractivity contribution in [3.63, 3.8) is 0 Å². The van der Waals surface area contributed by atoms with E-state index >= 15 is 0 Å². The average molecular weight is 371 g/mol. The van der Waals surface area contributed by atoms with Crippen molar-refractivity contribution in [1.29, 1.82) is 0 Å². The second-order valence-electron chi connectivity index (χ2n) is 8.34. The Bertz CT molecular complexity index is 1120. The molecule has 4 nitrogen and oxygen atoms in total. The van der Waals surface area contributed by atoms with Crippen LogP contribution in [0, 0.1) is 6.92 Å². The molecule has 0 aliphatic carbocycles. The van der Waals surface area contributed by atoms with Crippen LogP contribution in [0.25, 0.3) is 10.9 Å². The molecule has 2 aromatic carbocycles. The third kappa shape index (κ3) is 2.12. The maximum atomic E-state index is 6.84. The number of aryl methyl sites for hydroxylation is 1. The predicted octanol–water partition coefficient (Wildman–Crippen LogP) is 5.54. The topological polar surface area (TPSA) is 37.7 Å². The second kappa shape index (κ2) is 5.81. The summed E-state index contributed by atoms with van der Waals surface area (Å²) >= 11 is 0. The minimum absolute atomic E-state index is 0.241. The van der Waals surface area contributed by atoms with E-state index in [4.69, 9.17) is 9.73 Å². The average Bonchev–Trinajstić information content (AvgIpc) is 2.86. The lowest BCUT2D eigenvalue weighted by Gasteiger charge is -2.46. The van der Waals surface area contributed by atoms with Crippen molar-refractivity contribution in [2.75, 3.05) is 11.4 Å². The standard InChI is InChI=1S/C24H25N3O/c1-5-13-27-20-10-8-16(2)14-18(20)23(3,4)24(27)15-26-22-17-7-6-12-25-19(17)9-11-21(22)28-24/h6-12,14-15H,5,13H2,1-4H3. The number of rotatable bonds is 2. The van der Waals surface area contributed by atoms with Crippen molar-refractivity contribution in [2.45, 2.75) is 45.3 Å². The highest BCUT2D eigenvalue weighted by molar-refractivity contribution is 5.98. The van der Waals surface area contributed by atoms with Crippen molar-refractivity contribution in [3.8, 4) is 5.75 Å². The Kier molecular flexibility index (Phi) is 3.57. The van der Waals surface area contributed by atoms with Gasteiger partial charge in [-0.15, -0.1) is 0 Å². The third-order valence-electron chi connectivity index (χ3n) is 6.21. The largest absolute Gasteiger partial charge is 0.459 e. The summed E-state index contributed by atoms with van der Waals surface area (Å²) in [6.45, 7) is 9.80. The zero-order chi connectivity index (χ0) is 19.5. The Morgan fingerprint density at radius 3 is 2.79 bits per heavy atom. The van der Waals surface area contributed by atoms with E-state index in [-0.39, 0.29) is 5.41 Å². The van der Waals surface area contributed by atoms with Crippen molar-refractivity contribution in [3.05, 3.63) is 59.8 Å². The molecule has 0 bridgehead atoms. The van der Waals surface area contributed by atoms with Crippen LogP contribution in [0.4, 0.5) is 11.4 Å². The Morgan fingerprint density at radius 1 is 1.11 bits per heavy atom. The van der Waals surface area contributed by atoms with E-state index in [1.54, 1.807) is 0 Å². The minimum Gasteiger partial charge on any atom is -0.459 e. The number of ether oxygens (including phenoxy) is 1. The lowest BCUT2D eigenvalue weighted by Crippen LogP contribution is -2.62. The van der Waals surface area contributed by atoms with Gasteiger partial charge in [0.1, 0.15) is 11.4 Å². The van der Waals surface area contributed by atoms with Crippen LogP contribution in [-0.2, 0) is 5.41 Å². The summed E-state index contributed by atoms with van der Waals surface area (Å²) in [5.41, 5.74) is 4.76. The summed E-state index contributed by atoms with van der Waals surface area (Å²) in [7, 11) is 0. The summed E-state index contributed by atoms with van der Waals surface area (Å²) in [6, 6.07) is 14.7. The van der Waals surface area contributed by atoms with Crippen LogP contribution in [0.15, 0.2) is 53.7 Å². The first-order valence-corrected chi connectivity index (χ1v) is 9.99. The van der Waals surface area contributed by atoms with Gasteiger partial charge < -0.3 is 9.64 Å². The summed E-state index contributed by atoms with van der Waals surface area (Å²) < 4.78 is 6.84. The lowest BCUT2D eigenvalue weighted by molar-refractivity contribution is 0.0778. The van der Waals surface area contributed by atoms with Gasteiger partial charge in [0.2, 0.25) is 5.72 Å². The molecule has 0 saturated heterocycles. The van der Waals surface area contributed by atoms with Gasteiger partial charge in [-0.05, 0) is 63.1 Å². The van der Waals surface area contributed by atoms with Crippen LogP contribution in [0.5, 0.6) is 5.75 Å². The van der Waals surface area contributed by atoms with Gasteiger partial charge in [0, 0.05) is 23.8 Å². The highest BCUT2D eigenvalue weighted by Gasteiger charge is 2.59. The van der Waals surface area contributed by atoms with E-state index < -0.39 is 5.72 Å². The summed E-state index contributed by atoms with van der Waals surface area (Å²) in [5, 5.41) is 1.03. The third-order valence-corrected chi connectivity index (χ3v) is 6.21. The number of nitrogens with zero attached hydrogens (tertiary/aromatic N) is 3. The molecule has 4 heteroatoms. The molecule has 1 spiro atoms. The van der Waals surface area contributed by atoms with Gasteiger partial charge in [0.25, 0.3) is 0 Å². The quantitative estimate of drug-likeness (QED) is 0.593. The highest BCUT2D eigenvalue weighted by atomic mass is 16.5. The van der Waals surface area contributed by atoms with E-state index in [2.05, 4.69) is 61.8 Å². The molecular weight excluding hydrogens is 346 g/mol. The fourth-order valence-corrected chi connectivity index (χ4v) is 4.70. The Hall–Kier alpha value is -2.88. The summed E-state index contributed by atoms with van der Waals surface area (Å²) in [4.78, 5) is 11.8.